The average Bonchev–Trinajstić information content (AvgIpc) is 2.78. The Kier molecular flexibility index (Phi) is 5.50. The predicted molar refractivity (Wildman–Crippen MR) is 119 cm³/mol. The van der Waals surface area contributed by atoms with E-state index in [2.05, 4.69) is 10.3 Å². The number of benzene rings is 2. The monoisotopic (exact) mass is 471 g/mol. The van der Waals surface area contributed by atoms with Crippen molar-refractivity contribution in [2.24, 2.45) is 5.73 Å². The SMILES string of the molecule is CC(C)(F)COc1cc(F)c2c(c1)C1(CNCC(N)O1)c1cc(-c3cccnc3F)ccc1O2. The number of halogens is 3. The van der Waals surface area contributed by atoms with Crippen LogP contribution in [0.4, 0.5) is 13.2 Å². The molecule has 3 N–H and O–H groups in total. The molecule has 0 aliphatic carbocycles. The first kappa shape index (κ1) is 22.6. The minimum atomic E-state index is -1.61. The zero-order chi connectivity index (χ0) is 24.1. The summed E-state index contributed by atoms with van der Waals surface area (Å²) in [5, 5.41) is 3.23. The number of aromatic nitrogens is 1. The van der Waals surface area contributed by atoms with Crippen molar-refractivity contribution in [3.8, 4) is 28.4 Å². The van der Waals surface area contributed by atoms with E-state index in [0.29, 0.717) is 34.5 Å². The lowest BCUT2D eigenvalue weighted by Gasteiger charge is -2.45. The lowest BCUT2D eigenvalue weighted by atomic mass is 9.80. The highest BCUT2D eigenvalue weighted by Gasteiger charge is 2.48. The van der Waals surface area contributed by atoms with Crippen LogP contribution in [0.1, 0.15) is 25.0 Å². The first-order valence-corrected chi connectivity index (χ1v) is 10.9. The summed E-state index contributed by atoms with van der Waals surface area (Å²) in [7, 11) is 0. The topological polar surface area (TPSA) is 78.6 Å². The summed E-state index contributed by atoms with van der Waals surface area (Å²) in [5.74, 6) is -0.849. The number of rotatable bonds is 4. The normalized spacial score (nSPS) is 21.5. The Morgan fingerprint density at radius 1 is 1.21 bits per heavy atom. The zero-order valence-electron chi connectivity index (χ0n) is 18.7. The molecule has 6 nitrogen and oxygen atoms in total. The Bertz CT molecular complexity index is 1250. The predicted octanol–water partition coefficient (Wildman–Crippen LogP) is 4.41. The highest BCUT2D eigenvalue weighted by molar-refractivity contribution is 5.69. The summed E-state index contributed by atoms with van der Waals surface area (Å²) in [6.45, 7) is 3.11. The number of hydrogen-bond donors (Lipinski definition) is 2. The summed E-state index contributed by atoms with van der Waals surface area (Å²) in [6, 6.07) is 11.0. The third kappa shape index (κ3) is 4.00. The smallest absolute Gasteiger partial charge is 0.220 e. The molecule has 1 spiro atoms. The van der Waals surface area contributed by atoms with Gasteiger partial charge in [-0.25, -0.2) is 13.8 Å². The first-order valence-electron chi connectivity index (χ1n) is 10.9. The van der Waals surface area contributed by atoms with E-state index >= 15 is 4.39 Å². The van der Waals surface area contributed by atoms with E-state index in [4.69, 9.17) is 19.9 Å². The van der Waals surface area contributed by atoms with Crippen LogP contribution in [-0.2, 0) is 10.3 Å². The molecule has 3 aromatic rings. The van der Waals surface area contributed by atoms with E-state index in [0.717, 1.165) is 6.07 Å². The Labute approximate surface area is 194 Å². The van der Waals surface area contributed by atoms with Crippen LogP contribution in [0.5, 0.6) is 17.2 Å². The Hall–Kier alpha value is -3.14. The molecule has 2 unspecified atom stereocenters. The third-order valence-electron chi connectivity index (χ3n) is 5.80. The molecule has 5 rings (SSSR count). The van der Waals surface area contributed by atoms with E-state index in [1.165, 1.54) is 20.0 Å². The number of ether oxygens (including phenoxy) is 3. The van der Waals surface area contributed by atoms with Crippen LogP contribution >= 0.6 is 0 Å². The van der Waals surface area contributed by atoms with E-state index < -0.39 is 29.3 Å². The van der Waals surface area contributed by atoms with Gasteiger partial charge in [0.05, 0.1) is 0 Å². The quantitative estimate of drug-likeness (QED) is 0.549. The van der Waals surface area contributed by atoms with Crippen molar-refractivity contribution in [3.63, 3.8) is 0 Å². The molecule has 2 atom stereocenters. The van der Waals surface area contributed by atoms with Crippen LogP contribution in [0.3, 0.4) is 0 Å². The van der Waals surface area contributed by atoms with Gasteiger partial charge in [0, 0.05) is 42.0 Å². The third-order valence-corrected chi connectivity index (χ3v) is 5.80. The van der Waals surface area contributed by atoms with Crippen LogP contribution in [0.25, 0.3) is 11.1 Å². The number of alkyl halides is 1. The zero-order valence-corrected chi connectivity index (χ0v) is 18.7. The minimum absolute atomic E-state index is 0.0319. The van der Waals surface area contributed by atoms with Crippen LogP contribution in [-0.4, -0.2) is 36.6 Å². The molecule has 2 aliphatic rings. The molecular weight excluding hydrogens is 447 g/mol. The minimum Gasteiger partial charge on any atom is -0.490 e. The van der Waals surface area contributed by atoms with Crippen LogP contribution in [0, 0.1) is 11.8 Å². The molecule has 3 heterocycles. The summed E-state index contributed by atoms with van der Waals surface area (Å²) in [5.41, 5.74) is 5.03. The fraction of sp³-hybridized carbons (Fsp3) is 0.320. The van der Waals surface area contributed by atoms with Crippen LogP contribution in [0.15, 0.2) is 48.7 Å². The summed E-state index contributed by atoms with van der Waals surface area (Å²) in [4.78, 5) is 3.72. The second-order valence-electron chi connectivity index (χ2n) is 9.06. The number of pyridine rings is 1. The maximum absolute atomic E-state index is 15.2. The second-order valence-corrected chi connectivity index (χ2v) is 9.06. The molecule has 0 radical (unpaired) electrons. The van der Waals surface area contributed by atoms with Crippen LogP contribution in [0.2, 0.25) is 0 Å². The molecule has 0 bridgehead atoms. The van der Waals surface area contributed by atoms with Crippen molar-refractivity contribution in [3.05, 3.63) is 71.6 Å². The maximum atomic E-state index is 15.2. The maximum Gasteiger partial charge on any atom is 0.220 e. The van der Waals surface area contributed by atoms with Gasteiger partial charge in [-0.15, -0.1) is 0 Å². The summed E-state index contributed by atoms with van der Waals surface area (Å²) in [6.07, 6.45) is 0.664. The summed E-state index contributed by atoms with van der Waals surface area (Å²) >= 11 is 0. The summed E-state index contributed by atoms with van der Waals surface area (Å²) < 4.78 is 61.4. The van der Waals surface area contributed by atoms with E-state index in [1.807, 2.05) is 0 Å². The van der Waals surface area contributed by atoms with Gasteiger partial charge >= 0.3 is 0 Å². The van der Waals surface area contributed by atoms with Crippen molar-refractivity contribution in [1.82, 2.24) is 10.3 Å². The van der Waals surface area contributed by atoms with Gasteiger partial charge in [-0.2, -0.15) is 4.39 Å². The molecule has 0 amide bonds. The van der Waals surface area contributed by atoms with Gasteiger partial charge in [0.1, 0.15) is 35.6 Å². The van der Waals surface area contributed by atoms with Gasteiger partial charge in [0.15, 0.2) is 11.6 Å². The van der Waals surface area contributed by atoms with E-state index in [9.17, 15) is 8.78 Å². The highest BCUT2D eigenvalue weighted by atomic mass is 19.1. The molecule has 1 fully saturated rings. The van der Waals surface area contributed by atoms with Crippen molar-refractivity contribution in [1.29, 1.82) is 0 Å². The molecule has 1 saturated heterocycles. The lowest BCUT2D eigenvalue weighted by molar-refractivity contribution is -0.0974. The number of nitrogens with one attached hydrogen (secondary N) is 1. The number of fused-ring (bicyclic) bond motifs is 4. The Morgan fingerprint density at radius 3 is 2.76 bits per heavy atom. The van der Waals surface area contributed by atoms with Gasteiger partial charge in [-0.05, 0) is 49.7 Å². The number of nitrogens with two attached hydrogens (primary N) is 1. The van der Waals surface area contributed by atoms with Crippen molar-refractivity contribution in [2.75, 3.05) is 19.7 Å². The number of hydrogen-bond acceptors (Lipinski definition) is 6. The van der Waals surface area contributed by atoms with Gasteiger partial charge in [-0.3, -0.25) is 0 Å². The van der Waals surface area contributed by atoms with Crippen molar-refractivity contribution in [2.45, 2.75) is 31.3 Å². The molecule has 178 valence electrons. The van der Waals surface area contributed by atoms with Gasteiger partial charge in [-0.1, -0.05) is 6.07 Å². The van der Waals surface area contributed by atoms with Crippen LogP contribution < -0.4 is 20.5 Å². The van der Waals surface area contributed by atoms with E-state index in [-0.39, 0.29) is 24.7 Å². The van der Waals surface area contributed by atoms with E-state index in [1.54, 1.807) is 36.4 Å². The molecule has 1 aromatic heterocycles. The standard InChI is InChI=1S/C25H24F3N3O3/c1-24(2,28)13-32-15-9-18-22(19(26)10-15)33-20-6-5-14(16-4-3-7-31-23(16)27)8-17(20)25(18)12-30-11-21(29)34-25/h3-10,21,30H,11-13,29H2,1-2H3. The number of nitrogens with zero attached hydrogens (tertiary/aromatic N) is 1. The van der Waals surface area contributed by atoms with Gasteiger partial charge in [0.25, 0.3) is 0 Å². The molecule has 2 aliphatic heterocycles. The highest BCUT2D eigenvalue weighted by Crippen LogP contribution is 2.52. The molecule has 2 aromatic carbocycles. The fourth-order valence-corrected chi connectivity index (χ4v) is 4.32. The first-order chi connectivity index (χ1) is 16.2. The lowest BCUT2D eigenvalue weighted by Crippen LogP contribution is -2.56. The number of morpholine rings is 1. The fourth-order valence-electron chi connectivity index (χ4n) is 4.32. The second kappa shape index (κ2) is 8.26. The largest absolute Gasteiger partial charge is 0.490 e. The average molecular weight is 471 g/mol. The van der Waals surface area contributed by atoms with Gasteiger partial charge in [0.2, 0.25) is 5.95 Å². The van der Waals surface area contributed by atoms with Crippen molar-refractivity contribution >= 4 is 0 Å². The Balaban J connectivity index is 1.67. The molecule has 34 heavy (non-hydrogen) atoms. The Morgan fingerprint density at radius 2 is 2.03 bits per heavy atom. The molecule has 9 heteroatoms. The molecule has 0 saturated carbocycles. The van der Waals surface area contributed by atoms with Gasteiger partial charge < -0.3 is 25.3 Å². The van der Waals surface area contributed by atoms with Crippen molar-refractivity contribution < 1.29 is 27.4 Å². The molecular formula is C25H24F3N3O3.